The van der Waals surface area contributed by atoms with Gasteiger partial charge in [-0.25, -0.2) is 0 Å². The molecule has 2 heterocycles. The zero-order chi connectivity index (χ0) is 12.3. The van der Waals surface area contributed by atoms with Gasteiger partial charge in [-0.2, -0.15) is 22.9 Å². The average Bonchev–Trinajstić information content (AvgIpc) is 2.84. The standard InChI is InChI=1S/C9H8N4O3S.H2O/c14-9(13-6-2-1-3-7-13)12-17(15,16)8-4-5-10-11-8;/h1-7H,(H-,10,11,12,14);1H2. The lowest BCUT2D eigenvalue weighted by Crippen LogP contribution is -2.51. The molecule has 0 aromatic carbocycles. The number of H-pyrrole nitrogens is 1. The number of pyridine rings is 1. The summed E-state index contributed by atoms with van der Waals surface area (Å²) in [6, 6.07) is 5.42. The van der Waals surface area contributed by atoms with E-state index in [1.165, 1.54) is 24.7 Å². The molecule has 0 fully saturated rings. The summed E-state index contributed by atoms with van der Waals surface area (Å²) in [5.41, 5.74) is 0. The van der Waals surface area contributed by atoms with Gasteiger partial charge in [0.2, 0.25) is 5.03 Å². The summed E-state index contributed by atoms with van der Waals surface area (Å²) >= 11 is 0. The average molecular weight is 270 g/mol. The lowest BCUT2D eigenvalue weighted by molar-refractivity contribution is -0.570. The van der Waals surface area contributed by atoms with Crippen molar-refractivity contribution in [2.45, 2.75) is 5.03 Å². The maximum Gasteiger partial charge on any atom is 0.511 e. The molecule has 0 radical (unpaired) electrons. The molecular formula is C9H10N4O4S. The first-order chi connectivity index (χ1) is 8.09. The maximum absolute atomic E-state index is 11.6. The second-order valence-corrected chi connectivity index (χ2v) is 4.74. The minimum absolute atomic E-state index is 0. The molecule has 96 valence electrons. The Morgan fingerprint density at radius 2 is 1.94 bits per heavy atom. The smallest absolute Gasteiger partial charge is 0.511 e. The zero-order valence-electron chi connectivity index (χ0n) is 9.02. The van der Waals surface area contributed by atoms with Crippen molar-refractivity contribution in [1.82, 2.24) is 14.9 Å². The van der Waals surface area contributed by atoms with Crippen LogP contribution >= 0.6 is 0 Å². The SMILES string of the molecule is O=C(NS(=O)(=O)c1cc[nH]n1)[n+]1ccccc1.[OH-]. The molecule has 0 saturated carbocycles. The highest BCUT2D eigenvalue weighted by atomic mass is 32.2. The van der Waals surface area contributed by atoms with Gasteiger partial charge in [0.1, 0.15) is 0 Å². The van der Waals surface area contributed by atoms with Gasteiger partial charge in [-0.15, -0.1) is 4.72 Å². The minimum atomic E-state index is -3.93. The van der Waals surface area contributed by atoms with Gasteiger partial charge in [0.15, 0.2) is 0 Å². The van der Waals surface area contributed by atoms with Gasteiger partial charge >= 0.3 is 16.1 Å². The van der Waals surface area contributed by atoms with Crippen LogP contribution in [0.2, 0.25) is 0 Å². The van der Waals surface area contributed by atoms with Gasteiger partial charge in [-0.05, 0) is 18.2 Å². The third kappa shape index (κ3) is 2.90. The van der Waals surface area contributed by atoms with Crippen molar-refractivity contribution in [3.05, 3.63) is 42.9 Å². The fourth-order valence-corrected chi connectivity index (χ4v) is 2.01. The van der Waals surface area contributed by atoms with Crippen LogP contribution in [0.3, 0.4) is 0 Å². The summed E-state index contributed by atoms with van der Waals surface area (Å²) in [5.74, 6) is 0. The molecule has 0 saturated heterocycles. The van der Waals surface area contributed by atoms with Crippen molar-refractivity contribution in [2.24, 2.45) is 0 Å². The molecule has 3 N–H and O–H groups in total. The minimum Gasteiger partial charge on any atom is -0.870 e. The number of hydrogen-bond acceptors (Lipinski definition) is 5. The molecule has 9 heteroatoms. The van der Waals surface area contributed by atoms with Gasteiger partial charge in [-0.3, -0.25) is 5.10 Å². The Hall–Kier alpha value is -2.26. The van der Waals surface area contributed by atoms with Gasteiger partial charge in [0.25, 0.3) is 0 Å². The molecule has 0 spiro atoms. The lowest BCUT2D eigenvalue weighted by atomic mass is 10.5. The Morgan fingerprint density at radius 3 is 2.50 bits per heavy atom. The third-order valence-corrected chi connectivity index (χ3v) is 3.14. The van der Waals surface area contributed by atoms with E-state index in [-0.39, 0.29) is 10.5 Å². The van der Waals surface area contributed by atoms with E-state index < -0.39 is 16.1 Å². The summed E-state index contributed by atoms with van der Waals surface area (Å²) in [4.78, 5) is 11.6. The fourth-order valence-electron chi connectivity index (χ4n) is 1.15. The second kappa shape index (κ2) is 5.38. The van der Waals surface area contributed by atoms with Crippen LogP contribution in [0, 0.1) is 0 Å². The number of sulfonamides is 1. The van der Waals surface area contributed by atoms with Gasteiger partial charge < -0.3 is 5.48 Å². The first-order valence-corrected chi connectivity index (χ1v) is 6.11. The van der Waals surface area contributed by atoms with Crippen LogP contribution in [0.25, 0.3) is 0 Å². The number of hydrogen-bond donors (Lipinski definition) is 2. The lowest BCUT2D eigenvalue weighted by Gasteiger charge is -1.97. The van der Waals surface area contributed by atoms with E-state index in [0.717, 1.165) is 4.57 Å². The fraction of sp³-hybridized carbons (Fsp3) is 0. The van der Waals surface area contributed by atoms with Crippen LogP contribution in [-0.4, -0.2) is 30.1 Å². The van der Waals surface area contributed by atoms with Crippen molar-refractivity contribution < 1.29 is 23.3 Å². The molecule has 1 amide bonds. The molecule has 0 aliphatic carbocycles. The molecule has 8 nitrogen and oxygen atoms in total. The van der Waals surface area contributed by atoms with Gasteiger partial charge in [0.05, 0.1) is 12.4 Å². The number of rotatable bonds is 2. The van der Waals surface area contributed by atoms with Crippen LogP contribution in [0.5, 0.6) is 0 Å². The second-order valence-electron chi connectivity index (χ2n) is 3.11. The highest BCUT2D eigenvalue weighted by Gasteiger charge is 2.27. The van der Waals surface area contributed by atoms with E-state index in [9.17, 15) is 13.2 Å². The third-order valence-electron chi connectivity index (χ3n) is 1.92. The zero-order valence-corrected chi connectivity index (χ0v) is 9.83. The summed E-state index contributed by atoms with van der Waals surface area (Å²) in [6.45, 7) is 0. The first-order valence-electron chi connectivity index (χ1n) is 4.63. The monoisotopic (exact) mass is 270 g/mol. The molecule has 0 unspecified atom stereocenters. The molecule has 2 rings (SSSR count). The molecule has 2 aromatic rings. The largest absolute Gasteiger partial charge is 0.870 e. The molecule has 0 bridgehead atoms. The Kier molecular flexibility index (Phi) is 4.13. The van der Waals surface area contributed by atoms with Crippen molar-refractivity contribution >= 4 is 16.1 Å². The van der Waals surface area contributed by atoms with Gasteiger partial charge in [-0.1, -0.05) is 6.07 Å². The molecule has 0 aliphatic rings. The van der Waals surface area contributed by atoms with E-state index in [1.807, 2.05) is 4.72 Å². The Balaban J connectivity index is 0.00000162. The summed E-state index contributed by atoms with van der Waals surface area (Å²) in [5, 5.41) is 5.63. The molecule has 0 atom stereocenters. The number of aromatic nitrogens is 3. The van der Waals surface area contributed by atoms with Crippen molar-refractivity contribution in [1.29, 1.82) is 0 Å². The molecular weight excluding hydrogens is 260 g/mol. The Labute approximate surface area is 103 Å². The van der Waals surface area contributed by atoms with Crippen molar-refractivity contribution in [3.63, 3.8) is 0 Å². The highest BCUT2D eigenvalue weighted by Crippen LogP contribution is 2.01. The topological polar surface area (TPSA) is 126 Å². The van der Waals surface area contributed by atoms with E-state index in [4.69, 9.17) is 0 Å². The van der Waals surface area contributed by atoms with E-state index in [2.05, 4.69) is 10.2 Å². The highest BCUT2D eigenvalue weighted by molar-refractivity contribution is 7.90. The van der Waals surface area contributed by atoms with E-state index >= 15 is 0 Å². The molecule has 2 aromatic heterocycles. The van der Waals surface area contributed by atoms with Crippen molar-refractivity contribution in [2.75, 3.05) is 0 Å². The Morgan fingerprint density at radius 1 is 1.28 bits per heavy atom. The summed E-state index contributed by atoms with van der Waals surface area (Å²) in [7, 11) is -3.93. The van der Waals surface area contributed by atoms with Crippen LogP contribution in [0.15, 0.2) is 47.9 Å². The predicted molar refractivity (Wildman–Crippen MR) is 58.3 cm³/mol. The van der Waals surface area contributed by atoms with Crippen molar-refractivity contribution in [3.8, 4) is 0 Å². The van der Waals surface area contributed by atoms with Crippen LogP contribution in [0.4, 0.5) is 4.79 Å². The van der Waals surface area contributed by atoms with Gasteiger partial charge in [0, 0.05) is 6.20 Å². The summed E-state index contributed by atoms with van der Waals surface area (Å²) < 4.78 is 26.3. The number of nitrogens with one attached hydrogen (secondary N) is 2. The normalized spacial score (nSPS) is 10.4. The number of aromatic amines is 1. The molecule has 0 aliphatic heterocycles. The predicted octanol–water partition coefficient (Wildman–Crippen LogP) is -0.533. The van der Waals surface area contributed by atoms with E-state index in [1.54, 1.807) is 18.2 Å². The first kappa shape index (κ1) is 13.8. The number of amides is 1. The van der Waals surface area contributed by atoms with Crippen LogP contribution in [0.1, 0.15) is 0 Å². The summed E-state index contributed by atoms with van der Waals surface area (Å²) in [6.07, 6.45) is 4.24. The number of carbonyl (C=O) groups excluding carboxylic acids is 1. The van der Waals surface area contributed by atoms with Crippen LogP contribution in [-0.2, 0) is 10.0 Å². The number of nitrogens with zero attached hydrogens (tertiary/aromatic N) is 2. The number of carbonyl (C=O) groups is 1. The van der Waals surface area contributed by atoms with Crippen LogP contribution < -0.4 is 9.29 Å². The molecule has 18 heavy (non-hydrogen) atoms. The Bertz CT molecular complexity index is 609. The maximum atomic E-state index is 11.6. The van der Waals surface area contributed by atoms with E-state index in [0.29, 0.717) is 0 Å². The quantitative estimate of drug-likeness (QED) is 0.709.